The first-order chi connectivity index (χ1) is 11.7. The maximum atomic E-state index is 7.00. The molecule has 0 rings (SSSR count). The second-order valence-electron chi connectivity index (χ2n) is 3.95. The summed E-state index contributed by atoms with van der Waals surface area (Å²) < 4.78 is 4.60. The summed E-state index contributed by atoms with van der Waals surface area (Å²) in [5, 5.41) is 13.7. The van der Waals surface area contributed by atoms with E-state index in [2.05, 4.69) is 43.5 Å². The molecule has 3 nitrogen and oxygen atoms in total. The molecule has 0 aromatic heterocycles. The van der Waals surface area contributed by atoms with E-state index >= 15 is 0 Å². The Labute approximate surface area is 151 Å². The molecule has 0 aliphatic heterocycles. The van der Waals surface area contributed by atoms with Crippen molar-refractivity contribution in [2.75, 3.05) is 14.2 Å². The number of methoxy groups -OCH3 is 1. The normalized spacial score (nSPS) is 7.92. The number of aliphatic hydroxyl groups is 1. The lowest BCUT2D eigenvalue weighted by Gasteiger charge is -1.85. The van der Waals surface area contributed by atoms with E-state index in [9.17, 15) is 0 Å². The van der Waals surface area contributed by atoms with Gasteiger partial charge in [0.05, 0.1) is 13.4 Å². The summed E-state index contributed by atoms with van der Waals surface area (Å²) in [6, 6.07) is 0. The fourth-order valence-corrected chi connectivity index (χ4v) is 0.822. The number of hydrogen-bond donors (Lipinski definition) is 2. The Balaban J connectivity index is -0.0000000732. The average molecular weight is 340 g/mol. The quantitative estimate of drug-likeness (QED) is 0.230. The summed E-state index contributed by atoms with van der Waals surface area (Å²) in [6.45, 7) is 16.2. The second-order valence-corrected chi connectivity index (χ2v) is 3.95. The fourth-order valence-electron chi connectivity index (χ4n) is 0.822. The molecule has 0 spiro atoms. The third kappa shape index (κ3) is 111. The smallest absolute Gasteiger partial charge is 0.0784 e. The van der Waals surface area contributed by atoms with Gasteiger partial charge in [-0.25, -0.2) is 0 Å². The van der Waals surface area contributed by atoms with Gasteiger partial charge in [0.25, 0.3) is 0 Å². The predicted molar refractivity (Wildman–Crippen MR) is 113 cm³/mol. The molecule has 24 heavy (non-hydrogen) atoms. The van der Waals surface area contributed by atoms with Crippen LogP contribution in [0, 0.1) is 5.41 Å². The van der Waals surface area contributed by atoms with Crippen LogP contribution in [0.2, 0.25) is 0 Å². The lowest BCUT2D eigenvalue weighted by atomic mass is 10.2. The van der Waals surface area contributed by atoms with Crippen LogP contribution < -0.4 is 0 Å². The van der Waals surface area contributed by atoms with Crippen LogP contribution in [0.1, 0.15) is 52.9 Å². The van der Waals surface area contributed by atoms with E-state index in [1.54, 1.807) is 25.5 Å². The van der Waals surface area contributed by atoms with Crippen molar-refractivity contribution < 1.29 is 9.84 Å². The lowest BCUT2D eigenvalue weighted by Crippen LogP contribution is -1.69. The summed E-state index contributed by atoms with van der Waals surface area (Å²) in [4.78, 5) is 0. The van der Waals surface area contributed by atoms with Crippen molar-refractivity contribution in [2.45, 2.75) is 52.9 Å². The van der Waals surface area contributed by atoms with Crippen molar-refractivity contribution in [1.82, 2.24) is 0 Å². The third-order valence-electron chi connectivity index (χ3n) is 1.65. The Hall–Kier alpha value is -1.87. The maximum absolute atomic E-state index is 7.00. The topological polar surface area (TPSA) is 53.3 Å². The van der Waals surface area contributed by atoms with Crippen molar-refractivity contribution in [3.63, 3.8) is 0 Å². The molecule has 0 aliphatic rings. The van der Waals surface area contributed by atoms with Gasteiger partial charge >= 0.3 is 0 Å². The van der Waals surface area contributed by atoms with E-state index < -0.39 is 0 Å². The van der Waals surface area contributed by atoms with E-state index in [1.165, 1.54) is 6.21 Å². The molecule has 0 unspecified atom stereocenters. The van der Waals surface area contributed by atoms with Crippen molar-refractivity contribution >= 4 is 6.21 Å². The minimum atomic E-state index is 0.866. The zero-order chi connectivity index (χ0) is 19.9. The van der Waals surface area contributed by atoms with Crippen LogP contribution in [0.3, 0.4) is 0 Å². The highest BCUT2D eigenvalue weighted by molar-refractivity contribution is 5.52. The molecule has 0 heterocycles. The van der Waals surface area contributed by atoms with Crippen LogP contribution in [0.15, 0.2) is 62.5 Å². The lowest BCUT2D eigenvalue weighted by molar-refractivity contribution is 0.336. The average Bonchev–Trinajstić information content (AvgIpc) is 2.60. The van der Waals surface area contributed by atoms with Gasteiger partial charge in [-0.1, -0.05) is 43.4 Å². The standard InChI is InChI=1S/C9H15N.C5H10O.2C3H6.CH4O/c1-2-3-4-5-6-7-8-9-10;1-3-4-5-6-2;2*1-3-2;1-2/h2,5-6,9-10H,1,3-4,7-8H2;4-5H,3H2,1-2H3;2*3H,1H2,2H3;2H,1H3/b6-5+,10-9?;5-4+;;;. The molecule has 0 saturated heterocycles. The summed E-state index contributed by atoms with van der Waals surface area (Å²) in [6.07, 6.45) is 19.8. The number of hydrogen-bond acceptors (Lipinski definition) is 3. The van der Waals surface area contributed by atoms with Crippen LogP contribution in [-0.2, 0) is 4.74 Å². The van der Waals surface area contributed by atoms with Crippen LogP contribution >= 0.6 is 0 Å². The van der Waals surface area contributed by atoms with Gasteiger partial charge in [-0.3, -0.25) is 0 Å². The Morgan fingerprint density at radius 2 is 1.29 bits per heavy atom. The molecule has 3 heteroatoms. The first kappa shape index (κ1) is 33.7. The Kier molecular flexibility index (Phi) is 81.6. The SMILES string of the molecule is C=CC.C=CC.C=CCC/C=C/CCC=N.CC/C=C/OC.CO. The molecule has 0 saturated carbocycles. The first-order valence-electron chi connectivity index (χ1n) is 8.17. The molecule has 0 bridgehead atoms. The summed E-state index contributed by atoms with van der Waals surface area (Å²) in [5.41, 5.74) is 0. The van der Waals surface area contributed by atoms with E-state index in [0.717, 1.165) is 39.2 Å². The molecular formula is C21H41NO2. The van der Waals surface area contributed by atoms with Crippen molar-refractivity contribution in [1.29, 1.82) is 5.41 Å². The maximum Gasteiger partial charge on any atom is 0.0784 e. The summed E-state index contributed by atoms with van der Waals surface area (Å²) in [7, 11) is 2.64. The molecule has 0 aromatic rings. The Morgan fingerprint density at radius 1 is 0.875 bits per heavy atom. The molecule has 0 amide bonds. The zero-order valence-electron chi connectivity index (χ0n) is 16.6. The number of aliphatic hydroxyl groups excluding tert-OH is 1. The Bertz CT molecular complexity index is 243. The number of nitrogens with one attached hydrogen (secondary N) is 1. The van der Waals surface area contributed by atoms with Gasteiger partial charge in [-0.15, -0.1) is 19.7 Å². The van der Waals surface area contributed by atoms with Gasteiger partial charge in [0.2, 0.25) is 0 Å². The van der Waals surface area contributed by atoms with Gasteiger partial charge in [0.15, 0.2) is 0 Å². The third-order valence-corrected chi connectivity index (χ3v) is 1.65. The van der Waals surface area contributed by atoms with Gasteiger partial charge in [0, 0.05) is 7.11 Å². The fraction of sp³-hybridized carbons (Fsp3) is 0.476. The van der Waals surface area contributed by atoms with Crippen molar-refractivity contribution in [2.24, 2.45) is 0 Å². The van der Waals surface area contributed by atoms with Gasteiger partial charge in [-0.2, -0.15) is 0 Å². The van der Waals surface area contributed by atoms with E-state index in [-0.39, 0.29) is 0 Å². The summed E-state index contributed by atoms with van der Waals surface area (Å²) in [5.74, 6) is 0. The summed E-state index contributed by atoms with van der Waals surface area (Å²) >= 11 is 0. The number of allylic oxidation sites excluding steroid dienone is 6. The predicted octanol–water partition coefficient (Wildman–Crippen LogP) is 6.49. The molecule has 0 atom stereocenters. The van der Waals surface area contributed by atoms with Gasteiger partial charge in [-0.05, 0) is 52.2 Å². The van der Waals surface area contributed by atoms with Crippen molar-refractivity contribution in [3.05, 3.63) is 62.5 Å². The monoisotopic (exact) mass is 339 g/mol. The van der Waals surface area contributed by atoms with E-state index in [1.807, 2.05) is 26.0 Å². The minimum absolute atomic E-state index is 0.866. The van der Waals surface area contributed by atoms with E-state index in [4.69, 9.17) is 10.5 Å². The molecule has 0 aliphatic carbocycles. The highest BCUT2D eigenvalue weighted by Crippen LogP contribution is 1.94. The van der Waals surface area contributed by atoms with Crippen LogP contribution in [-0.4, -0.2) is 25.5 Å². The largest absolute Gasteiger partial charge is 0.505 e. The Morgan fingerprint density at radius 3 is 1.54 bits per heavy atom. The molecule has 0 fully saturated rings. The van der Waals surface area contributed by atoms with E-state index in [0.29, 0.717) is 0 Å². The molecular weight excluding hydrogens is 298 g/mol. The highest BCUT2D eigenvalue weighted by Gasteiger charge is 1.75. The van der Waals surface area contributed by atoms with Crippen molar-refractivity contribution in [3.8, 4) is 0 Å². The van der Waals surface area contributed by atoms with Gasteiger partial charge < -0.3 is 15.3 Å². The van der Waals surface area contributed by atoms with Crippen LogP contribution in [0.25, 0.3) is 0 Å². The number of unbranched alkanes of at least 4 members (excludes halogenated alkanes) is 2. The molecule has 0 aromatic carbocycles. The highest BCUT2D eigenvalue weighted by atomic mass is 16.5. The number of rotatable bonds is 8. The molecule has 0 radical (unpaired) electrons. The number of ether oxygens (including phenoxy) is 1. The first-order valence-corrected chi connectivity index (χ1v) is 8.17. The second kappa shape index (κ2) is 58.2. The molecule has 142 valence electrons. The zero-order valence-corrected chi connectivity index (χ0v) is 16.6. The van der Waals surface area contributed by atoms with Crippen LogP contribution in [0.5, 0.6) is 0 Å². The molecule has 2 N–H and O–H groups in total. The minimum Gasteiger partial charge on any atom is -0.505 e. The van der Waals surface area contributed by atoms with Crippen LogP contribution in [0.4, 0.5) is 0 Å². The van der Waals surface area contributed by atoms with Gasteiger partial charge in [0.1, 0.15) is 0 Å².